The molecule has 0 N–H and O–H groups in total. The molecule has 3 heteroatoms. The molecule has 0 aliphatic rings. The third-order valence-corrected chi connectivity index (χ3v) is 7.37. The molecular formula is C37H27N3. The molecule has 0 radical (unpaired) electrons. The zero-order chi connectivity index (χ0) is 27.1. The molecule has 7 rings (SSSR count). The summed E-state index contributed by atoms with van der Waals surface area (Å²) >= 11 is 0. The van der Waals surface area contributed by atoms with Gasteiger partial charge in [-0.3, -0.25) is 0 Å². The van der Waals surface area contributed by atoms with Crippen molar-refractivity contribution in [3.8, 4) is 45.3 Å². The van der Waals surface area contributed by atoms with Crippen LogP contribution in [0.2, 0.25) is 0 Å². The summed E-state index contributed by atoms with van der Waals surface area (Å²) in [5.41, 5.74) is 7.83. The van der Waals surface area contributed by atoms with E-state index in [-0.39, 0.29) is 0 Å². The normalized spacial score (nSPS) is 11.2. The molecule has 1 heterocycles. The Morgan fingerprint density at radius 2 is 0.900 bits per heavy atom. The lowest BCUT2D eigenvalue weighted by molar-refractivity contribution is 1.08. The highest BCUT2D eigenvalue weighted by molar-refractivity contribution is 6.13. The largest absolute Gasteiger partial charge is 0.208 e. The molecule has 0 unspecified atom stereocenters. The van der Waals surface area contributed by atoms with Crippen LogP contribution < -0.4 is 0 Å². The third kappa shape index (κ3) is 4.42. The van der Waals surface area contributed by atoms with Crippen molar-refractivity contribution in [2.75, 3.05) is 0 Å². The van der Waals surface area contributed by atoms with E-state index in [1.807, 2.05) is 30.3 Å². The Morgan fingerprint density at radius 1 is 0.375 bits per heavy atom. The van der Waals surface area contributed by atoms with Crippen molar-refractivity contribution in [3.05, 3.63) is 139 Å². The van der Waals surface area contributed by atoms with Gasteiger partial charge in [0.15, 0.2) is 17.5 Å². The fourth-order valence-electron chi connectivity index (χ4n) is 5.53. The van der Waals surface area contributed by atoms with E-state index in [0.29, 0.717) is 17.5 Å². The predicted molar refractivity (Wildman–Crippen MR) is 166 cm³/mol. The lowest BCUT2D eigenvalue weighted by Gasteiger charge is -2.12. The first-order chi connectivity index (χ1) is 19.6. The van der Waals surface area contributed by atoms with Crippen molar-refractivity contribution in [2.45, 2.75) is 13.8 Å². The first kappa shape index (κ1) is 23.9. The number of hydrogen-bond donors (Lipinski definition) is 0. The van der Waals surface area contributed by atoms with Crippen molar-refractivity contribution in [1.82, 2.24) is 15.0 Å². The second kappa shape index (κ2) is 9.87. The van der Waals surface area contributed by atoms with E-state index in [9.17, 15) is 0 Å². The maximum Gasteiger partial charge on any atom is 0.164 e. The SMILES string of the molecule is Cc1cc(C)cc(-c2ccc(-c3nc(-c4ccccc4)nc(-c4cc5ccccc5c5ccccc45)n3)cc2)c1. The maximum atomic E-state index is 5.06. The molecule has 3 nitrogen and oxygen atoms in total. The van der Waals surface area contributed by atoms with Gasteiger partial charge in [0.05, 0.1) is 0 Å². The maximum absolute atomic E-state index is 5.06. The van der Waals surface area contributed by atoms with E-state index in [1.165, 1.54) is 33.0 Å². The lowest BCUT2D eigenvalue weighted by atomic mass is 9.96. The Bertz CT molecular complexity index is 1990. The molecule has 190 valence electrons. The van der Waals surface area contributed by atoms with Gasteiger partial charge in [-0.05, 0) is 52.6 Å². The van der Waals surface area contributed by atoms with E-state index in [4.69, 9.17) is 15.0 Å². The summed E-state index contributed by atoms with van der Waals surface area (Å²) < 4.78 is 0. The van der Waals surface area contributed by atoms with Gasteiger partial charge in [-0.2, -0.15) is 0 Å². The Labute approximate surface area is 233 Å². The molecule has 0 saturated heterocycles. The Kier molecular flexibility index (Phi) is 5.90. The average Bonchev–Trinajstić information content (AvgIpc) is 3.00. The zero-order valence-electron chi connectivity index (χ0n) is 22.5. The number of aromatic nitrogens is 3. The van der Waals surface area contributed by atoms with E-state index in [2.05, 4.69) is 111 Å². The van der Waals surface area contributed by atoms with Crippen LogP contribution in [0.4, 0.5) is 0 Å². The van der Waals surface area contributed by atoms with Crippen molar-refractivity contribution in [2.24, 2.45) is 0 Å². The van der Waals surface area contributed by atoms with Crippen molar-refractivity contribution in [1.29, 1.82) is 0 Å². The van der Waals surface area contributed by atoms with Gasteiger partial charge in [-0.25, -0.2) is 15.0 Å². The van der Waals surface area contributed by atoms with Gasteiger partial charge < -0.3 is 0 Å². The van der Waals surface area contributed by atoms with Crippen molar-refractivity contribution >= 4 is 21.5 Å². The van der Waals surface area contributed by atoms with Gasteiger partial charge in [-0.15, -0.1) is 0 Å². The molecule has 0 aliphatic carbocycles. The second-order valence-corrected chi connectivity index (χ2v) is 10.3. The van der Waals surface area contributed by atoms with Gasteiger partial charge in [0.2, 0.25) is 0 Å². The third-order valence-electron chi connectivity index (χ3n) is 7.37. The highest BCUT2D eigenvalue weighted by Gasteiger charge is 2.16. The van der Waals surface area contributed by atoms with Crippen molar-refractivity contribution < 1.29 is 0 Å². The summed E-state index contributed by atoms with van der Waals surface area (Å²) in [6.45, 7) is 4.28. The Hall–Kier alpha value is -5.15. The monoisotopic (exact) mass is 513 g/mol. The van der Waals surface area contributed by atoms with Gasteiger partial charge in [0.1, 0.15) is 0 Å². The molecule has 7 aromatic rings. The summed E-state index contributed by atoms with van der Waals surface area (Å²) in [6, 6.07) is 44.5. The smallest absolute Gasteiger partial charge is 0.164 e. The average molecular weight is 514 g/mol. The number of fused-ring (bicyclic) bond motifs is 3. The van der Waals surface area contributed by atoms with Crippen LogP contribution in [0, 0.1) is 13.8 Å². The number of rotatable bonds is 4. The molecular weight excluding hydrogens is 486 g/mol. The summed E-state index contributed by atoms with van der Waals surface area (Å²) in [6.07, 6.45) is 0. The minimum Gasteiger partial charge on any atom is -0.208 e. The molecule has 40 heavy (non-hydrogen) atoms. The summed E-state index contributed by atoms with van der Waals surface area (Å²) in [5.74, 6) is 1.99. The van der Waals surface area contributed by atoms with Crippen LogP contribution in [-0.2, 0) is 0 Å². The Morgan fingerprint density at radius 3 is 1.60 bits per heavy atom. The van der Waals surface area contributed by atoms with Crippen molar-refractivity contribution in [3.63, 3.8) is 0 Å². The number of benzene rings is 6. The van der Waals surface area contributed by atoms with Gasteiger partial charge in [-0.1, -0.05) is 132 Å². The number of hydrogen-bond acceptors (Lipinski definition) is 3. The number of nitrogens with zero attached hydrogens (tertiary/aromatic N) is 3. The molecule has 0 bridgehead atoms. The van der Waals surface area contributed by atoms with Gasteiger partial charge >= 0.3 is 0 Å². The van der Waals surface area contributed by atoms with E-state index in [1.54, 1.807) is 0 Å². The summed E-state index contributed by atoms with van der Waals surface area (Å²) in [5, 5.41) is 4.71. The zero-order valence-corrected chi connectivity index (χ0v) is 22.5. The van der Waals surface area contributed by atoms with Crippen LogP contribution in [0.15, 0.2) is 127 Å². The van der Waals surface area contributed by atoms with Crippen LogP contribution in [0.25, 0.3) is 66.8 Å². The minimum atomic E-state index is 0.660. The first-order valence-corrected chi connectivity index (χ1v) is 13.5. The van der Waals surface area contributed by atoms with Crippen LogP contribution >= 0.6 is 0 Å². The molecule has 0 fully saturated rings. The molecule has 0 spiro atoms. The number of aryl methyl sites for hydroxylation is 2. The molecule has 0 amide bonds. The van der Waals surface area contributed by atoms with E-state index in [0.717, 1.165) is 27.5 Å². The quantitative estimate of drug-likeness (QED) is 0.220. The van der Waals surface area contributed by atoms with Crippen LogP contribution in [0.3, 0.4) is 0 Å². The molecule has 1 aromatic heterocycles. The van der Waals surface area contributed by atoms with Gasteiger partial charge in [0.25, 0.3) is 0 Å². The minimum absolute atomic E-state index is 0.660. The van der Waals surface area contributed by atoms with Crippen LogP contribution in [0.1, 0.15) is 11.1 Å². The fraction of sp³-hybridized carbons (Fsp3) is 0.0541. The molecule has 0 atom stereocenters. The molecule has 6 aromatic carbocycles. The highest BCUT2D eigenvalue weighted by atomic mass is 15.0. The summed E-state index contributed by atoms with van der Waals surface area (Å²) in [7, 11) is 0. The Balaban J connectivity index is 1.42. The lowest BCUT2D eigenvalue weighted by Crippen LogP contribution is -2.00. The van der Waals surface area contributed by atoms with Gasteiger partial charge in [0, 0.05) is 16.7 Å². The predicted octanol–water partition coefficient (Wildman–Crippen LogP) is 9.46. The molecule has 0 aliphatic heterocycles. The fourth-order valence-corrected chi connectivity index (χ4v) is 5.53. The first-order valence-electron chi connectivity index (χ1n) is 13.5. The van der Waals surface area contributed by atoms with E-state index >= 15 is 0 Å². The van der Waals surface area contributed by atoms with E-state index < -0.39 is 0 Å². The highest BCUT2D eigenvalue weighted by Crippen LogP contribution is 2.35. The second-order valence-electron chi connectivity index (χ2n) is 10.3. The topological polar surface area (TPSA) is 38.7 Å². The standard InChI is InChI=1S/C37H27N3/c1-24-20-25(2)22-30(21-24)26-16-18-28(19-17-26)36-38-35(27-10-4-3-5-11-27)39-37(40-36)34-23-29-12-6-7-13-31(29)32-14-8-9-15-33(32)34/h3-23H,1-2H3. The molecule has 0 saturated carbocycles. The van der Waals surface area contributed by atoms with Crippen LogP contribution in [0.5, 0.6) is 0 Å². The van der Waals surface area contributed by atoms with Crippen LogP contribution in [-0.4, -0.2) is 15.0 Å². The summed E-state index contributed by atoms with van der Waals surface area (Å²) in [4.78, 5) is 15.0.